The Kier molecular flexibility index (Phi) is 8.10. The molecule has 28 heavy (non-hydrogen) atoms. The van der Waals surface area contributed by atoms with E-state index < -0.39 is 5.91 Å². The maximum absolute atomic E-state index is 11.9. The number of hydrogen-bond donors (Lipinski definition) is 3. The smallest absolute Gasteiger partial charge is 0.240 e. The van der Waals surface area contributed by atoms with Crippen molar-refractivity contribution in [1.29, 1.82) is 0 Å². The second-order valence-electron chi connectivity index (χ2n) is 5.63. The van der Waals surface area contributed by atoms with Crippen molar-refractivity contribution in [3.8, 4) is 11.5 Å². The molecule has 2 rings (SSSR count). The largest absolute Gasteiger partial charge is 0.503 e. The fourth-order valence-electron chi connectivity index (χ4n) is 2.19. The molecule has 0 aliphatic carbocycles. The van der Waals surface area contributed by atoms with Crippen LogP contribution in [0, 0.1) is 0 Å². The Morgan fingerprint density at radius 3 is 2.64 bits per heavy atom. The standard InChI is InChI=1S/C19H19Cl2N3O4/c1-2-28-16-9-12(8-15(21)19(16)27)11-22-24-18(26)7-6-17(25)23-14-5-3-4-13(20)10-14/h3-5,8-11,27H,2,6-7H2,1H3,(H,23,25)(H,24,26)/b22-11+. The van der Waals surface area contributed by atoms with Crippen molar-refractivity contribution in [1.82, 2.24) is 5.43 Å². The summed E-state index contributed by atoms with van der Waals surface area (Å²) in [6.45, 7) is 2.13. The molecular formula is C19H19Cl2N3O4. The van der Waals surface area contributed by atoms with Crippen LogP contribution < -0.4 is 15.5 Å². The van der Waals surface area contributed by atoms with Gasteiger partial charge in [-0.1, -0.05) is 29.3 Å². The number of nitrogens with zero attached hydrogens (tertiary/aromatic N) is 1. The molecule has 2 aromatic rings. The molecule has 0 heterocycles. The summed E-state index contributed by atoms with van der Waals surface area (Å²) in [6.07, 6.45) is 1.31. The van der Waals surface area contributed by atoms with Crippen molar-refractivity contribution in [2.24, 2.45) is 5.10 Å². The van der Waals surface area contributed by atoms with Gasteiger partial charge in [0.15, 0.2) is 11.5 Å². The topological polar surface area (TPSA) is 100 Å². The molecule has 0 radical (unpaired) electrons. The maximum Gasteiger partial charge on any atom is 0.240 e. The van der Waals surface area contributed by atoms with Gasteiger partial charge in [0, 0.05) is 23.6 Å². The van der Waals surface area contributed by atoms with Gasteiger partial charge in [0.1, 0.15) is 0 Å². The number of hydrazone groups is 1. The van der Waals surface area contributed by atoms with Gasteiger partial charge in [-0.3, -0.25) is 9.59 Å². The number of nitrogens with one attached hydrogen (secondary N) is 2. The highest BCUT2D eigenvalue weighted by Gasteiger charge is 2.09. The van der Waals surface area contributed by atoms with E-state index in [1.807, 2.05) is 0 Å². The molecule has 0 bridgehead atoms. The van der Waals surface area contributed by atoms with E-state index in [2.05, 4.69) is 15.8 Å². The van der Waals surface area contributed by atoms with Crippen LogP contribution in [0.15, 0.2) is 41.5 Å². The van der Waals surface area contributed by atoms with Crippen LogP contribution in [0.2, 0.25) is 10.0 Å². The normalized spacial score (nSPS) is 10.7. The molecule has 148 valence electrons. The van der Waals surface area contributed by atoms with Crippen LogP contribution >= 0.6 is 23.2 Å². The van der Waals surface area contributed by atoms with Gasteiger partial charge < -0.3 is 15.2 Å². The lowest BCUT2D eigenvalue weighted by molar-refractivity contribution is -0.124. The summed E-state index contributed by atoms with van der Waals surface area (Å²) in [7, 11) is 0. The number of carbonyl (C=O) groups is 2. The molecule has 7 nitrogen and oxygen atoms in total. The summed E-state index contributed by atoms with van der Waals surface area (Å²) in [6, 6.07) is 9.75. The van der Waals surface area contributed by atoms with Gasteiger partial charge in [0.2, 0.25) is 11.8 Å². The quantitative estimate of drug-likeness (QED) is 0.441. The fraction of sp³-hybridized carbons (Fsp3) is 0.211. The van der Waals surface area contributed by atoms with Crippen LogP contribution in [0.3, 0.4) is 0 Å². The molecule has 0 aliphatic heterocycles. The number of phenolic OH excluding ortho intramolecular Hbond substituents is 1. The number of amides is 2. The number of hydrogen-bond acceptors (Lipinski definition) is 5. The molecule has 0 saturated carbocycles. The van der Waals surface area contributed by atoms with Crippen LogP contribution in [0.4, 0.5) is 5.69 Å². The van der Waals surface area contributed by atoms with E-state index in [0.29, 0.717) is 22.9 Å². The Labute approximate surface area is 172 Å². The zero-order valence-electron chi connectivity index (χ0n) is 15.0. The number of halogens is 2. The van der Waals surface area contributed by atoms with E-state index in [9.17, 15) is 14.7 Å². The van der Waals surface area contributed by atoms with Gasteiger partial charge in [0.25, 0.3) is 0 Å². The maximum atomic E-state index is 11.9. The minimum atomic E-state index is -0.424. The van der Waals surface area contributed by atoms with Crippen molar-refractivity contribution >= 4 is 46.9 Å². The third kappa shape index (κ3) is 6.75. The van der Waals surface area contributed by atoms with Gasteiger partial charge >= 0.3 is 0 Å². The molecule has 0 aromatic heterocycles. The van der Waals surface area contributed by atoms with Crippen molar-refractivity contribution in [2.45, 2.75) is 19.8 Å². The second kappa shape index (κ2) is 10.5. The first-order chi connectivity index (χ1) is 13.4. The summed E-state index contributed by atoms with van der Waals surface area (Å²) < 4.78 is 5.27. The minimum absolute atomic E-state index is 0.00656. The van der Waals surface area contributed by atoms with Gasteiger partial charge in [-0.2, -0.15) is 5.10 Å². The molecule has 0 spiro atoms. The van der Waals surface area contributed by atoms with Crippen LogP contribution in [0.5, 0.6) is 11.5 Å². The fourth-order valence-corrected chi connectivity index (χ4v) is 2.59. The lowest BCUT2D eigenvalue weighted by Crippen LogP contribution is -2.20. The van der Waals surface area contributed by atoms with Crippen LogP contribution in [-0.4, -0.2) is 29.7 Å². The van der Waals surface area contributed by atoms with Crippen molar-refractivity contribution in [2.75, 3.05) is 11.9 Å². The van der Waals surface area contributed by atoms with Crippen LogP contribution in [0.1, 0.15) is 25.3 Å². The summed E-state index contributed by atoms with van der Waals surface area (Å²) >= 11 is 11.8. The highest BCUT2D eigenvalue weighted by Crippen LogP contribution is 2.34. The highest BCUT2D eigenvalue weighted by atomic mass is 35.5. The van der Waals surface area contributed by atoms with E-state index >= 15 is 0 Å². The predicted molar refractivity (Wildman–Crippen MR) is 109 cm³/mol. The molecule has 2 amide bonds. The molecule has 0 unspecified atom stereocenters. The number of phenols is 1. The first-order valence-corrected chi connectivity index (χ1v) is 9.17. The van der Waals surface area contributed by atoms with Crippen molar-refractivity contribution in [3.05, 3.63) is 52.0 Å². The average Bonchev–Trinajstić information content (AvgIpc) is 2.64. The predicted octanol–water partition coefficient (Wildman–Crippen LogP) is 3.97. The third-order valence-corrected chi connectivity index (χ3v) is 3.96. The third-order valence-electron chi connectivity index (χ3n) is 3.44. The number of ether oxygens (including phenoxy) is 1. The van der Waals surface area contributed by atoms with E-state index in [4.69, 9.17) is 27.9 Å². The van der Waals surface area contributed by atoms with Crippen LogP contribution in [0.25, 0.3) is 0 Å². The second-order valence-corrected chi connectivity index (χ2v) is 6.48. The van der Waals surface area contributed by atoms with E-state index in [0.717, 1.165) is 0 Å². The number of benzene rings is 2. The molecule has 2 aromatic carbocycles. The molecular weight excluding hydrogens is 405 g/mol. The summed E-state index contributed by atoms with van der Waals surface area (Å²) in [5.74, 6) is -0.670. The first-order valence-electron chi connectivity index (χ1n) is 8.41. The average molecular weight is 424 g/mol. The Hall–Kier alpha value is -2.77. The number of carbonyl (C=O) groups excluding carboxylic acids is 2. The van der Waals surface area contributed by atoms with E-state index in [1.54, 1.807) is 37.3 Å². The molecule has 0 saturated heterocycles. The van der Waals surface area contributed by atoms with E-state index in [1.165, 1.54) is 12.3 Å². The summed E-state index contributed by atoms with van der Waals surface area (Å²) in [5, 5.41) is 16.9. The van der Waals surface area contributed by atoms with Gasteiger partial charge in [-0.25, -0.2) is 5.43 Å². The minimum Gasteiger partial charge on any atom is -0.503 e. The number of aromatic hydroxyl groups is 1. The molecule has 9 heteroatoms. The molecule has 0 aliphatic rings. The van der Waals surface area contributed by atoms with Gasteiger partial charge in [-0.05, 0) is 42.8 Å². The Morgan fingerprint density at radius 1 is 1.18 bits per heavy atom. The van der Waals surface area contributed by atoms with Crippen LogP contribution in [-0.2, 0) is 9.59 Å². The lowest BCUT2D eigenvalue weighted by Gasteiger charge is -2.08. The zero-order valence-corrected chi connectivity index (χ0v) is 16.5. The Morgan fingerprint density at radius 2 is 1.93 bits per heavy atom. The Bertz CT molecular complexity index is 887. The number of rotatable bonds is 8. The van der Waals surface area contributed by atoms with Crippen molar-refractivity contribution in [3.63, 3.8) is 0 Å². The molecule has 3 N–H and O–H groups in total. The highest BCUT2D eigenvalue weighted by molar-refractivity contribution is 6.32. The zero-order chi connectivity index (χ0) is 20.5. The Balaban J connectivity index is 1.82. The first kappa shape index (κ1) is 21.5. The van der Waals surface area contributed by atoms with E-state index in [-0.39, 0.29) is 35.3 Å². The van der Waals surface area contributed by atoms with Gasteiger partial charge in [-0.15, -0.1) is 0 Å². The monoisotopic (exact) mass is 423 g/mol. The summed E-state index contributed by atoms with van der Waals surface area (Å²) in [4.78, 5) is 23.7. The number of anilines is 1. The van der Waals surface area contributed by atoms with Gasteiger partial charge in [0.05, 0.1) is 17.8 Å². The SMILES string of the molecule is CCOc1cc(/C=N/NC(=O)CCC(=O)Nc2cccc(Cl)c2)cc(Cl)c1O. The van der Waals surface area contributed by atoms with Crippen molar-refractivity contribution < 1.29 is 19.4 Å². The molecule has 0 atom stereocenters. The lowest BCUT2D eigenvalue weighted by atomic mass is 10.2. The molecule has 0 fully saturated rings. The summed E-state index contributed by atoms with van der Waals surface area (Å²) in [5.41, 5.74) is 3.42.